The highest BCUT2D eigenvalue weighted by molar-refractivity contribution is 5.91. The number of nitrogen functional groups attached to an aromatic ring is 1. The van der Waals surface area contributed by atoms with Crippen LogP contribution in [-0.2, 0) is 4.79 Å². The lowest BCUT2D eigenvalue weighted by atomic mass is 10.3. The second-order valence-corrected chi connectivity index (χ2v) is 4.57. The molecule has 0 saturated carbocycles. The molecule has 1 amide bonds. The van der Waals surface area contributed by atoms with Crippen LogP contribution in [0.1, 0.15) is 19.4 Å². The molecule has 104 valence electrons. The lowest BCUT2D eigenvalue weighted by Crippen LogP contribution is -2.35. The molecule has 0 aliphatic rings. The molecule has 0 aromatic carbocycles. The molecule has 0 saturated heterocycles. The van der Waals surface area contributed by atoms with Gasteiger partial charge in [-0.3, -0.25) is 4.79 Å². The van der Waals surface area contributed by atoms with Crippen molar-refractivity contribution in [1.82, 2.24) is 20.2 Å². The van der Waals surface area contributed by atoms with Crippen LogP contribution in [-0.4, -0.2) is 47.0 Å². The van der Waals surface area contributed by atoms with E-state index in [9.17, 15) is 4.79 Å². The van der Waals surface area contributed by atoms with Gasteiger partial charge >= 0.3 is 0 Å². The van der Waals surface area contributed by atoms with Gasteiger partial charge in [0.15, 0.2) is 0 Å². The van der Waals surface area contributed by atoms with Crippen LogP contribution < -0.4 is 11.1 Å². The monoisotopic (exact) mass is 263 g/mol. The van der Waals surface area contributed by atoms with Gasteiger partial charge in [-0.05, 0) is 27.0 Å². The smallest absolute Gasteiger partial charge is 0.244 e. The van der Waals surface area contributed by atoms with E-state index in [0.29, 0.717) is 12.6 Å². The summed E-state index contributed by atoms with van der Waals surface area (Å²) in [5.41, 5.74) is 6.11. The van der Waals surface area contributed by atoms with Crippen LogP contribution in [0.15, 0.2) is 18.5 Å². The van der Waals surface area contributed by atoms with Crippen molar-refractivity contribution < 1.29 is 4.79 Å². The van der Waals surface area contributed by atoms with Gasteiger partial charge < -0.3 is 16.0 Å². The van der Waals surface area contributed by atoms with Crippen molar-refractivity contribution in [2.24, 2.45) is 0 Å². The van der Waals surface area contributed by atoms with E-state index in [1.54, 1.807) is 18.5 Å². The maximum atomic E-state index is 11.6. The minimum absolute atomic E-state index is 0.131. The highest BCUT2D eigenvalue weighted by Gasteiger charge is 2.02. The van der Waals surface area contributed by atoms with Gasteiger partial charge in [0.2, 0.25) is 11.9 Å². The number of aromatic nitrogens is 2. The van der Waals surface area contributed by atoms with Crippen molar-refractivity contribution in [2.75, 3.05) is 25.9 Å². The van der Waals surface area contributed by atoms with Crippen LogP contribution in [0.3, 0.4) is 0 Å². The SMILES string of the molecule is CC(C)N(C)CCNC(=O)/C=C/c1cnc(N)nc1. The average molecular weight is 263 g/mol. The molecule has 1 heterocycles. The van der Waals surface area contributed by atoms with Crippen LogP contribution in [0.25, 0.3) is 6.08 Å². The number of carbonyl (C=O) groups is 1. The van der Waals surface area contributed by atoms with Gasteiger partial charge in [0.05, 0.1) is 0 Å². The minimum atomic E-state index is -0.131. The van der Waals surface area contributed by atoms with E-state index in [2.05, 4.69) is 34.0 Å². The van der Waals surface area contributed by atoms with Gasteiger partial charge in [-0.1, -0.05) is 0 Å². The molecule has 1 aromatic rings. The summed E-state index contributed by atoms with van der Waals surface area (Å²) in [6, 6.07) is 0.472. The van der Waals surface area contributed by atoms with Crippen molar-refractivity contribution >= 4 is 17.9 Å². The third-order valence-electron chi connectivity index (χ3n) is 2.76. The summed E-state index contributed by atoms with van der Waals surface area (Å²) in [5.74, 6) is 0.0901. The number of likely N-dealkylation sites (N-methyl/N-ethyl adjacent to an activating group) is 1. The number of rotatable bonds is 6. The van der Waals surface area contributed by atoms with Crippen LogP contribution >= 0.6 is 0 Å². The molecule has 0 bridgehead atoms. The number of hydrogen-bond donors (Lipinski definition) is 2. The average Bonchev–Trinajstić information content (AvgIpc) is 2.37. The van der Waals surface area contributed by atoms with Crippen LogP contribution in [0.2, 0.25) is 0 Å². The third-order valence-corrected chi connectivity index (χ3v) is 2.76. The Bertz CT molecular complexity index is 427. The highest BCUT2D eigenvalue weighted by Crippen LogP contribution is 1.99. The van der Waals surface area contributed by atoms with Crippen molar-refractivity contribution in [2.45, 2.75) is 19.9 Å². The number of carbonyl (C=O) groups excluding carboxylic acids is 1. The lowest BCUT2D eigenvalue weighted by molar-refractivity contribution is -0.116. The van der Waals surface area contributed by atoms with Crippen molar-refractivity contribution in [3.05, 3.63) is 24.0 Å². The molecule has 0 fully saturated rings. The number of hydrogen-bond acceptors (Lipinski definition) is 5. The molecule has 0 aliphatic heterocycles. The highest BCUT2D eigenvalue weighted by atomic mass is 16.1. The largest absolute Gasteiger partial charge is 0.368 e. The standard InChI is InChI=1S/C13H21N5O/c1-10(2)18(3)7-6-15-12(19)5-4-11-8-16-13(14)17-9-11/h4-5,8-10H,6-7H2,1-3H3,(H,15,19)(H2,14,16,17)/b5-4+. The Kier molecular flexibility index (Phi) is 5.95. The Hall–Kier alpha value is -1.95. The molecule has 0 aliphatic carbocycles. The van der Waals surface area contributed by atoms with Gasteiger partial charge in [-0.2, -0.15) is 0 Å². The van der Waals surface area contributed by atoms with E-state index in [4.69, 9.17) is 5.73 Å². The number of nitrogens with two attached hydrogens (primary N) is 1. The Balaban J connectivity index is 2.33. The Morgan fingerprint density at radius 3 is 2.68 bits per heavy atom. The van der Waals surface area contributed by atoms with Crippen molar-refractivity contribution in [3.63, 3.8) is 0 Å². The van der Waals surface area contributed by atoms with E-state index in [1.807, 2.05) is 7.05 Å². The molecule has 6 heteroatoms. The van der Waals surface area contributed by atoms with Crippen LogP contribution in [0, 0.1) is 0 Å². The molecule has 1 aromatic heterocycles. The zero-order valence-corrected chi connectivity index (χ0v) is 11.6. The number of anilines is 1. The molecule has 0 spiro atoms. The summed E-state index contributed by atoms with van der Waals surface area (Å²) in [4.78, 5) is 21.4. The van der Waals surface area contributed by atoms with E-state index < -0.39 is 0 Å². The van der Waals surface area contributed by atoms with Gasteiger partial charge in [-0.25, -0.2) is 9.97 Å². The second kappa shape index (κ2) is 7.48. The van der Waals surface area contributed by atoms with Gasteiger partial charge in [-0.15, -0.1) is 0 Å². The zero-order chi connectivity index (χ0) is 14.3. The maximum Gasteiger partial charge on any atom is 0.244 e. The summed E-state index contributed by atoms with van der Waals surface area (Å²) in [6.07, 6.45) is 6.25. The first-order valence-electron chi connectivity index (χ1n) is 6.22. The zero-order valence-electron chi connectivity index (χ0n) is 11.6. The van der Waals surface area contributed by atoms with Crippen molar-refractivity contribution in [1.29, 1.82) is 0 Å². The summed E-state index contributed by atoms with van der Waals surface area (Å²) >= 11 is 0. The Morgan fingerprint density at radius 1 is 1.47 bits per heavy atom. The van der Waals surface area contributed by atoms with E-state index >= 15 is 0 Å². The van der Waals surface area contributed by atoms with Crippen molar-refractivity contribution in [3.8, 4) is 0 Å². The minimum Gasteiger partial charge on any atom is -0.368 e. The molecular formula is C13H21N5O. The molecule has 19 heavy (non-hydrogen) atoms. The second-order valence-electron chi connectivity index (χ2n) is 4.57. The first-order valence-corrected chi connectivity index (χ1v) is 6.22. The van der Waals surface area contributed by atoms with Gasteiger partial charge in [0.1, 0.15) is 0 Å². The Morgan fingerprint density at radius 2 is 2.11 bits per heavy atom. The first-order chi connectivity index (χ1) is 8.99. The summed E-state index contributed by atoms with van der Waals surface area (Å²) in [5, 5.41) is 2.82. The van der Waals surface area contributed by atoms with Crippen LogP contribution in [0.5, 0.6) is 0 Å². The molecule has 0 unspecified atom stereocenters. The predicted molar refractivity (Wildman–Crippen MR) is 76.3 cm³/mol. The Labute approximate surface area is 113 Å². The maximum absolute atomic E-state index is 11.6. The quantitative estimate of drug-likeness (QED) is 0.731. The number of nitrogens with one attached hydrogen (secondary N) is 1. The number of amides is 1. The molecule has 3 N–H and O–H groups in total. The van der Waals surface area contributed by atoms with Crippen LogP contribution in [0.4, 0.5) is 5.95 Å². The predicted octanol–water partition coefficient (Wildman–Crippen LogP) is 0.528. The summed E-state index contributed by atoms with van der Waals surface area (Å²) in [7, 11) is 2.03. The number of nitrogens with zero attached hydrogens (tertiary/aromatic N) is 3. The first kappa shape index (κ1) is 15.1. The van der Waals surface area contributed by atoms with E-state index in [-0.39, 0.29) is 11.9 Å². The third kappa shape index (κ3) is 5.96. The topological polar surface area (TPSA) is 84.1 Å². The fraction of sp³-hybridized carbons (Fsp3) is 0.462. The fourth-order valence-corrected chi connectivity index (χ4v) is 1.28. The summed E-state index contributed by atoms with van der Waals surface area (Å²) in [6.45, 7) is 5.67. The van der Waals surface area contributed by atoms with E-state index in [1.165, 1.54) is 6.08 Å². The molecular weight excluding hydrogens is 242 g/mol. The molecule has 0 atom stereocenters. The fourth-order valence-electron chi connectivity index (χ4n) is 1.28. The van der Waals surface area contributed by atoms with Gasteiger partial charge in [0.25, 0.3) is 0 Å². The summed E-state index contributed by atoms with van der Waals surface area (Å²) < 4.78 is 0. The van der Waals surface area contributed by atoms with E-state index in [0.717, 1.165) is 12.1 Å². The molecule has 6 nitrogen and oxygen atoms in total. The lowest BCUT2D eigenvalue weighted by Gasteiger charge is -2.20. The normalized spacial score (nSPS) is 11.4. The molecule has 1 rings (SSSR count). The van der Waals surface area contributed by atoms with Gasteiger partial charge in [0, 0.05) is 43.2 Å². The molecule has 0 radical (unpaired) electrons.